The number of benzene rings is 1. The molecule has 1 aromatic carbocycles. The molecule has 1 aliphatic heterocycles. The van der Waals surface area contributed by atoms with Gasteiger partial charge in [-0.2, -0.15) is 5.10 Å². The highest BCUT2D eigenvalue weighted by Gasteiger charge is 2.30. The molecular weight excluding hydrogens is 548 g/mol. The largest absolute Gasteiger partial charge is 0.444 e. The summed E-state index contributed by atoms with van der Waals surface area (Å²) in [6.45, 7) is 11.9. The Morgan fingerprint density at radius 2 is 1.91 bits per heavy atom. The van der Waals surface area contributed by atoms with Gasteiger partial charge in [0, 0.05) is 49.8 Å². The van der Waals surface area contributed by atoms with E-state index < -0.39 is 29.2 Å². The summed E-state index contributed by atoms with van der Waals surface area (Å²) in [5, 5.41) is 11.8. The van der Waals surface area contributed by atoms with Gasteiger partial charge in [0.05, 0.1) is 23.6 Å². The molecule has 0 bridgehead atoms. The highest BCUT2D eigenvalue weighted by Crippen LogP contribution is 2.32. The van der Waals surface area contributed by atoms with E-state index >= 15 is 0 Å². The molecule has 0 saturated carbocycles. The van der Waals surface area contributed by atoms with Crippen LogP contribution in [0.2, 0.25) is 0 Å². The number of aromatic nitrogens is 4. The fourth-order valence-corrected chi connectivity index (χ4v) is 4.44. The molecule has 0 aliphatic carbocycles. The number of aryl methyl sites for hydroxylation is 1. The molecule has 1 atom stereocenters. The number of hydrogen-bond acceptors (Lipinski definition) is 10. The molecule has 13 heteroatoms. The van der Waals surface area contributed by atoms with Gasteiger partial charge in [0.25, 0.3) is 5.91 Å². The number of hydrazine groups is 1. The first-order valence-electron chi connectivity index (χ1n) is 14.1. The summed E-state index contributed by atoms with van der Waals surface area (Å²) in [5.74, 6) is 6.04. The fourth-order valence-electron chi connectivity index (χ4n) is 4.44. The predicted molar refractivity (Wildman–Crippen MR) is 164 cm³/mol. The Hall–Kier alpha value is -4.65. The SMILES string of the molecule is Cn1cc(Nc2nccc(-c3ccc4c(c3)CN(C(=O)OC(C)(C)C)CCC4NC(=O)/C(N)=C/N(N)C(C)(C)C)n2)cn1. The van der Waals surface area contributed by atoms with Gasteiger partial charge in [-0.3, -0.25) is 9.48 Å². The fraction of sp³-hybridized carbons (Fsp3) is 0.433. The van der Waals surface area contributed by atoms with Gasteiger partial charge in [-0.1, -0.05) is 12.1 Å². The second-order valence-corrected chi connectivity index (χ2v) is 12.6. The summed E-state index contributed by atoms with van der Waals surface area (Å²) in [4.78, 5) is 37.0. The van der Waals surface area contributed by atoms with Crippen molar-refractivity contribution in [2.24, 2.45) is 18.6 Å². The first-order valence-corrected chi connectivity index (χ1v) is 14.1. The van der Waals surface area contributed by atoms with Crippen molar-refractivity contribution in [3.05, 3.63) is 65.9 Å². The molecule has 1 aliphatic rings. The van der Waals surface area contributed by atoms with Gasteiger partial charge in [0.15, 0.2) is 0 Å². The maximum atomic E-state index is 13.2. The number of nitrogens with zero attached hydrogens (tertiary/aromatic N) is 6. The number of nitrogens with two attached hydrogens (primary N) is 2. The second-order valence-electron chi connectivity index (χ2n) is 12.6. The first-order chi connectivity index (χ1) is 20.1. The molecule has 2 aromatic heterocycles. The Labute approximate surface area is 252 Å². The van der Waals surface area contributed by atoms with E-state index in [2.05, 4.69) is 25.7 Å². The van der Waals surface area contributed by atoms with E-state index in [0.717, 1.165) is 22.4 Å². The number of nitrogens with one attached hydrogen (secondary N) is 2. The lowest BCUT2D eigenvalue weighted by molar-refractivity contribution is -0.118. The van der Waals surface area contributed by atoms with Crippen LogP contribution in [0.15, 0.2) is 54.8 Å². The Morgan fingerprint density at radius 1 is 1.16 bits per heavy atom. The van der Waals surface area contributed by atoms with Gasteiger partial charge in [0.2, 0.25) is 5.95 Å². The average molecular weight is 591 g/mol. The minimum Gasteiger partial charge on any atom is -0.444 e. The van der Waals surface area contributed by atoms with E-state index in [1.54, 1.807) is 22.0 Å². The molecule has 0 fully saturated rings. The molecule has 2 amide bonds. The number of amides is 2. The summed E-state index contributed by atoms with van der Waals surface area (Å²) in [6.07, 6.45) is 6.65. The molecule has 3 heterocycles. The van der Waals surface area contributed by atoms with Crippen LogP contribution in [-0.4, -0.2) is 59.3 Å². The summed E-state index contributed by atoms with van der Waals surface area (Å²) in [5.41, 5.74) is 9.05. The Kier molecular flexibility index (Phi) is 8.95. The molecule has 6 N–H and O–H groups in total. The maximum absolute atomic E-state index is 13.2. The highest BCUT2D eigenvalue weighted by atomic mass is 16.6. The molecule has 3 aromatic rings. The van der Waals surface area contributed by atoms with Gasteiger partial charge < -0.3 is 31.0 Å². The lowest BCUT2D eigenvalue weighted by Gasteiger charge is -2.30. The van der Waals surface area contributed by atoms with Crippen molar-refractivity contribution >= 4 is 23.6 Å². The molecule has 4 rings (SSSR count). The third-order valence-corrected chi connectivity index (χ3v) is 6.75. The van der Waals surface area contributed by atoms with Gasteiger partial charge in [0.1, 0.15) is 11.3 Å². The Bertz CT molecular complexity index is 1500. The van der Waals surface area contributed by atoms with Crippen molar-refractivity contribution in [2.45, 2.75) is 71.7 Å². The summed E-state index contributed by atoms with van der Waals surface area (Å²) < 4.78 is 7.37. The summed E-state index contributed by atoms with van der Waals surface area (Å²) in [6, 6.07) is 7.28. The molecule has 0 radical (unpaired) electrons. The van der Waals surface area contributed by atoms with Crippen LogP contribution in [0.25, 0.3) is 11.3 Å². The summed E-state index contributed by atoms with van der Waals surface area (Å²) >= 11 is 0. The molecule has 1 unspecified atom stereocenters. The van der Waals surface area contributed by atoms with Gasteiger partial charge in [-0.05, 0) is 71.2 Å². The number of hydrogen-bond donors (Lipinski definition) is 4. The van der Waals surface area contributed by atoms with Crippen molar-refractivity contribution < 1.29 is 14.3 Å². The molecule has 43 heavy (non-hydrogen) atoms. The van der Waals surface area contributed by atoms with Gasteiger partial charge in [-0.15, -0.1) is 0 Å². The molecular formula is C30H42N10O3. The third kappa shape index (κ3) is 8.22. The van der Waals surface area contributed by atoms with E-state index in [0.29, 0.717) is 31.2 Å². The minimum absolute atomic E-state index is 0.0153. The number of carbonyl (C=O) groups is 2. The Balaban J connectivity index is 1.65. The normalized spacial score (nSPS) is 15.8. The lowest BCUT2D eigenvalue weighted by Crippen LogP contribution is -2.44. The van der Waals surface area contributed by atoms with Gasteiger partial charge >= 0.3 is 6.09 Å². The van der Waals surface area contributed by atoms with Crippen LogP contribution in [0.3, 0.4) is 0 Å². The zero-order valence-electron chi connectivity index (χ0n) is 25.9. The number of ether oxygens (including phenoxy) is 1. The van der Waals surface area contributed by atoms with E-state index in [1.807, 2.05) is 79.1 Å². The lowest BCUT2D eigenvalue weighted by atomic mass is 9.96. The minimum atomic E-state index is -0.652. The average Bonchev–Trinajstić information content (AvgIpc) is 3.23. The number of rotatable bonds is 6. The first kappa shape index (κ1) is 31.3. The van der Waals surface area contributed by atoms with Crippen LogP contribution in [0.1, 0.15) is 65.1 Å². The van der Waals surface area contributed by atoms with Crippen LogP contribution >= 0.6 is 0 Å². The number of fused-ring (bicyclic) bond motifs is 1. The standard InChI is InChI=1S/C30H42N10O3/c1-29(2,3)40(32)18-23(31)26(41)36-25-11-13-39(28(42)43-30(4,5)6)16-20-14-19(8-9-22(20)25)24-10-12-33-27(37-24)35-21-15-34-38(7)17-21/h8-10,12,14-15,17-18,25H,11,13,16,31-32H2,1-7H3,(H,36,41)(H,33,35,37)/b23-18-. The van der Waals surface area contributed by atoms with Crippen LogP contribution in [0.4, 0.5) is 16.4 Å². The van der Waals surface area contributed by atoms with Crippen LogP contribution in [0, 0.1) is 0 Å². The number of carbonyl (C=O) groups excluding carboxylic acids is 2. The quantitative estimate of drug-likeness (QED) is 0.189. The second kappa shape index (κ2) is 12.3. The van der Waals surface area contributed by atoms with Crippen molar-refractivity contribution in [3.8, 4) is 11.3 Å². The zero-order valence-corrected chi connectivity index (χ0v) is 25.9. The van der Waals surface area contributed by atoms with E-state index in [4.69, 9.17) is 16.3 Å². The van der Waals surface area contributed by atoms with Gasteiger partial charge in [-0.25, -0.2) is 20.6 Å². The third-order valence-electron chi connectivity index (χ3n) is 6.75. The molecule has 0 saturated heterocycles. The monoisotopic (exact) mass is 590 g/mol. The zero-order chi connectivity index (χ0) is 31.5. The maximum Gasteiger partial charge on any atom is 0.410 e. The topological polar surface area (TPSA) is 170 Å². The van der Waals surface area contributed by atoms with Crippen LogP contribution < -0.4 is 22.2 Å². The molecule has 230 valence electrons. The van der Waals surface area contributed by atoms with E-state index in [9.17, 15) is 9.59 Å². The van der Waals surface area contributed by atoms with E-state index in [-0.39, 0.29) is 5.70 Å². The van der Waals surface area contributed by atoms with Crippen LogP contribution in [0.5, 0.6) is 0 Å². The predicted octanol–water partition coefficient (Wildman–Crippen LogP) is 3.69. The Morgan fingerprint density at radius 3 is 2.56 bits per heavy atom. The van der Waals surface area contributed by atoms with E-state index in [1.165, 1.54) is 11.2 Å². The summed E-state index contributed by atoms with van der Waals surface area (Å²) in [7, 11) is 1.83. The van der Waals surface area contributed by atoms with Crippen molar-refractivity contribution in [1.82, 2.24) is 35.0 Å². The van der Waals surface area contributed by atoms with Crippen molar-refractivity contribution in [1.29, 1.82) is 0 Å². The highest BCUT2D eigenvalue weighted by molar-refractivity contribution is 5.92. The number of anilines is 2. The van der Waals surface area contributed by atoms with Crippen LogP contribution in [-0.2, 0) is 23.1 Å². The van der Waals surface area contributed by atoms with Crippen molar-refractivity contribution in [3.63, 3.8) is 0 Å². The molecule has 13 nitrogen and oxygen atoms in total. The molecule has 0 spiro atoms. The smallest absolute Gasteiger partial charge is 0.410 e. The van der Waals surface area contributed by atoms with Crippen molar-refractivity contribution in [2.75, 3.05) is 11.9 Å².